The number of rotatable bonds is 46. The first kappa shape index (κ1) is 54.9. The molecule has 0 amide bonds. The normalized spacial score (nSPS) is 12.8. The monoisotopic (exact) mass is 794 g/mol. The molecule has 0 fully saturated rings. The van der Waals surface area contributed by atoms with Gasteiger partial charge in [0.1, 0.15) is 5.54 Å². The Balaban J connectivity index is 4.44. The molecule has 3 N–H and O–H groups in total. The van der Waals surface area contributed by atoms with Crippen LogP contribution in [-0.2, 0) is 14.3 Å². The van der Waals surface area contributed by atoms with Gasteiger partial charge in [-0.2, -0.15) is 0 Å². The number of hydrogen-bond donors (Lipinski definition) is 3. The SMILES string of the molecule is CCCCCCCCC(CCCCCCCC)C(CCCCCCCCCCCCCC(=O)OCCC(CCCCCC)CCCCCC)(NCCO)C(=O)O. The van der Waals surface area contributed by atoms with Gasteiger partial charge in [-0.1, -0.05) is 233 Å². The number of hydrogen-bond acceptors (Lipinski definition) is 5. The van der Waals surface area contributed by atoms with E-state index in [-0.39, 0.29) is 18.5 Å². The number of β-amino-alcohol motifs (C(OH)–C–C–N with tert-alkyl or cyclic N) is 1. The molecule has 1 unspecified atom stereocenters. The number of esters is 1. The van der Waals surface area contributed by atoms with E-state index >= 15 is 0 Å². The van der Waals surface area contributed by atoms with E-state index in [0.717, 1.165) is 64.2 Å². The number of carboxylic acids is 1. The third-order valence-corrected chi connectivity index (χ3v) is 12.6. The Hall–Kier alpha value is -1.14. The Kier molecular flexibility index (Phi) is 41.1. The van der Waals surface area contributed by atoms with Crippen LogP contribution in [-0.4, -0.2) is 47.4 Å². The molecule has 0 aliphatic carbocycles. The van der Waals surface area contributed by atoms with Crippen LogP contribution in [0.5, 0.6) is 0 Å². The van der Waals surface area contributed by atoms with Crippen LogP contribution in [0.3, 0.4) is 0 Å². The summed E-state index contributed by atoms with van der Waals surface area (Å²) in [6.07, 6.45) is 44.7. The highest BCUT2D eigenvalue weighted by molar-refractivity contribution is 5.79. The number of aliphatic carboxylic acids is 1. The average molecular weight is 794 g/mol. The minimum absolute atomic E-state index is 0.00313. The van der Waals surface area contributed by atoms with Gasteiger partial charge in [0.2, 0.25) is 0 Å². The maximum Gasteiger partial charge on any atom is 0.324 e. The zero-order valence-electron chi connectivity index (χ0n) is 38.3. The fraction of sp³-hybridized carbons (Fsp3) is 0.960. The van der Waals surface area contributed by atoms with Gasteiger partial charge < -0.3 is 14.9 Å². The molecule has 1 atom stereocenters. The topological polar surface area (TPSA) is 95.9 Å². The molecular formula is C50H99NO5. The van der Waals surface area contributed by atoms with E-state index in [9.17, 15) is 19.8 Å². The lowest BCUT2D eigenvalue weighted by molar-refractivity contribution is -0.149. The molecule has 0 rings (SSSR count). The van der Waals surface area contributed by atoms with Gasteiger partial charge in [-0.05, 0) is 43.9 Å². The number of aliphatic hydroxyl groups is 1. The van der Waals surface area contributed by atoms with E-state index < -0.39 is 11.5 Å². The molecule has 0 aliphatic rings. The van der Waals surface area contributed by atoms with Gasteiger partial charge in [-0.25, -0.2) is 0 Å². The average Bonchev–Trinajstić information content (AvgIpc) is 3.19. The van der Waals surface area contributed by atoms with Crippen LogP contribution in [0.4, 0.5) is 0 Å². The zero-order valence-corrected chi connectivity index (χ0v) is 38.3. The minimum atomic E-state index is -0.934. The van der Waals surface area contributed by atoms with Crippen molar-refractivity contribution >= 4 is 11.9 Å². The number of carbonyl (C=O) groups is 2. The van der Waals surface area contributed by atoms with Gasteiger partial charge in [0.15, 0.2) is 0 Å². The molecule has 334 valence electrons. The fourth-order valence-electron chi connectivity index (χ4n) is 8.88. The Bertz CT molecular complexity index is 808. The van der Waals surface area contributed by atoms with Crippen molar-refractivity contribution in [3.8, 4) is 0 Å². The molecule has 0 spiro atoms. The second-order valence-electron chi connectivity index (χ2n) is 17.7. The molecule has 0 saturated carbocycles. The molecule has 0 radical (unpaired) electrons. The summed E-state index contributed by atoms with van der Waals surface area (Å²) in [5.74, 6) is 0.109. The summed E-state index contributed by atoms with van der Waals surface area (Å²) < 4.78 is 5.67. The molecule has 0 aromatic heterocycles. The molecule has 0 aromatic carbocycles. The highest BCUT2D eigenvalue weighted by Crippen LogP contribution is 2.34. The van der Waals surface area contributed by atoms with Crippen molar-refractivity contribution in [2.45, 2.75) is 277 Å². The predicted molar refractivity (Wildman–Crippen MR) is 242 cm³/mol. The Labute approximate surface area is 349 Å². The number of nitrogens with one attached hydrogen (secondary N) is 1. The molecule has 0 aliphatic heterocycles. The van der Waals surface area contributed by atoms with Crippen LogP contribution in [0.15, 0.2) is 0 Å². The molecule has 0 bridgehead atoms. The molecule has 6 nitrogen and oxygen atoms in total. The minimum Gasteiger partial charge on any atom is -0.480 e. The van der Waals surface area contributed by atoms with Crippen LogP contribution >= 0.6 is 0 Å². The highest BCUT2D eigenvalue weighted by atomic mass is 16.5. The Morgan fingerprint density at radius 1 is 0.500 bits per heavy atom. The van der Waals surface area contributed by atoms with Gasteiger partial charge in [0, 0.05) is 13.0 Å². The second kappa shape index (κ2) is 42.0. The highest BCUT2D eigenvalue weighted by Gasteiger charge is 2.44. The lowest BCUT2D eigenvalue weighted by atomic mass is 9.74. The van der Waals surface area contributed by atoms with Crippen molar-refractivity contribution in [3.63, 3.8) is 0 Å². The standard InChI is InChI=1S/C50H99NO5/c1-5-9-13-17-26-32-38-47(39-33-27-18-14-10-6-2)50(49(54)55,51-43-44-52)42-35-29-25-23-21-19-20-22-24-28-34-40-48(53)56-45-41-46(36-30-15-11-7-3)37-31-16-12-8-4/h46-47,51-52H,5-45H2,1-4H3,(H,54,55). The maximum atomic E-state index is 13.1. The van der Waals surface area contributed by atoms with Crippen molar-refractivity contribution in [1.29, 1.82) is 0 Å². The largest absolute Gasteiger partial charge is 0.480 e. The zero-order chi connectivity index (χ0) is 41.2. The van der Waals surface area contributed by atoms with E-state index in [2.05, 4.69) is 33.0 Å². The third kappa shape index (κ3) is 31.8. The summed E-state index contributed by atoms with van der Waals surface area (Å²) >= 11 is 0. The third-order valence-electron chi connectivity index (χ3n) is 12.6. The van der Waals surface area contributed by atoms with Gasteiger partial charge in [0.25, 0.3) is 0 Å². The van der Waals surface area contributed by atoms with Gasteiger partial charge >= 0.3 is 11.9 Å². The fourth-order valence-corrected chi connectivity index (χ4v) is 8.88. The van der Waals surface area contributed by atoms with Crippen molar-refractivity contribution in [1.82, 2.24) is 5.32 Å². The van der Waals surface area contributed by atoms with Crippen molar-refractivity contribution in [2.24, 2.45) is 11.8 Å². The van der Waals surface area contributed by atoms with E-state index in [0.29, 0.717) is 31.9 Å². The number of carbonyl (C=O) groups excluding carboxylic acids is 1. The Morgan fingerprint density at radius 3 is 1.30 bits per heavy atom. The molecule has 6 heteroatoms. The molecule has 0 heterocycles. The first-order valence-electron chi connectivity index (χ1n) is 25.2. The van der Waals surface area contributed by atoms with Gasteiger partial charge in [-0.3, -0.25) is 14.9 Å². The molecule has 0 aromatic rings. The molecular weight excluding hydrogens is 695 g/mol. The predicted octanol–water partition coefficient (Wildman–Crippen LogP) is 15.1. The van der Waals surface area contributed by atoms with Gasteiger partial charge in [-0.15, -0.1) is 0 Å². The first-order valence-corrected chi connectivity index (χ1v) is 25.2. The lowest BCUT2D eigenvalue weighted by Gasteiger charge is -2.39. The second-order valence-corrected chi connectivity index (χ2v) is 17.7. The smallest absolute Gasteiger partial charge is 0.324 e. The van der Waals surface area contributed by atoms with Crippen molar-refractivity contribution in [3.05, 3.63) is 0 Å². The van der Waals surface area contributed by atoms with E-state index in [4.69, 9.17) is 4.74 Å². The summed E-state index contributed by atoms with van der Waals surface area (Å²) in [4.78, 5) is 25.4. The van der Waals surface area contributed by atoms with E-state index in [1.807, 2.05) is 0 Å². The first-order chi connectivity index (χ1) is 27.4. The summed E-state index contributed by atoms with van der Waals surface area (Å²) in [6, 6.07) is 0. The van der Waals surface area contributed by atoms with Crippen LogP contribution < -0.4 is 5.32 Å². The number of carboxylic acid groups (broad SMARTS) is 1. The number of ether oxygens (including phenoxy) is 1. The van der Waals surface area contributed by atoms with Crippen molar-refractivity contribution < 1.29 is 24.5 Å². The number of aliphatic hydroxyl groups excluding tert-OH is 1. The Morgan fingerprint density at radius 2 is 0.875 bits per heavy atom. The summed E-state index contributed by atoms with van der Waals surface area (Å²) in [7, 11) is 0. The van der Waals surface area contributed by atoms with Gasteiger partial charge in [0.05, 0.1) is 13.2 Å². The molecule has 0 saturated heterocycles. The van der Waals surface area contributed by atoms with Crippen LogP contribution in [0, 0.1) is 11.8 Å². The number of unbranched alkanes of at least 4 members (excludes halogenated alkanes) is 26. The maximum absolute atomic E-state index is 13.1. The quantitative estimate of drug-likeness (QED) is 0.0420. The van der Waals surface area contributed by atoms with E-state index in [1.54, 1.807) is 0 Å². The summed E-state index contributed by atoms with van der Waals surface area (Å²) in [5.41, 5.74) is -0.934. The summed E-state index contributed by atoms with van der Waals surface area (Å²) in [5, 5.41) is 23.8. The summed E-state index contributed by atoms with van der Waals surface area (Å²) in [6.45, 7) is 9.96. The van der Waals surface area contributed by atoms with Crippen LogP contribution in [0.1, 0.15) is 272 Å². The molecule has 56 heavy (non-hydrogen) atoms. The lowest BCUT2D eigenvalue weighted by Crippen LogP contribution is -2.58. The van der Waals surface area contributed by atoms with Crippen molar-refractivity contribution in [2.75, 3.05) is 19.8 Å². The van der Waals surface area contributed by atoms with Crippen LogP contribution in [0.25, 0.3) is 0 Å². The van der Waals surface area contributed by atoms with Crippen LogP contribution in [0.2, 0.25) is 0 Å². The van der Waals surface area contributed by atoms with E-state index in [1.165, 1.54) is 167 Å².